The minimum atomic E-state index is -4.61. The number of para-hydroxylation sites is 1. The van der Waals surface area contributed by atoms with Crippen LogP contribution in [0.4, 0.5) is 14.5 Å². The summed E-state index contributed by atoms with van der Waals surface area (Å²) in [4.78, 5) is 3.90. The van der Waals surface area contributed by atoms with Crippen LogP contribution in [-0.2, 0) is 16.3 Å². The summed E-state index contributed by atoms with van der Waals surface area (Å²) in [6, 6.07) is 5.67. The maximum atomic E-state index is 12.6. The number of hydrogen-bond acceptors (Lipinski definition) is 5. The molecule has 0 saturated carbocycles. The van der Waals surface area contributed by atoms with Gasteiger partial charge in [0, 0.05) is 24.0 Å². The zero-order valence-corrected chi connectivity index (χ0v) is 12.8. The third-order valence-corrected chi connectivity index (χ3v) is 5.21. The Labute approximate surface area is 125 Å². The van der Waals surface area contributed by atoms with Gasteiger partial charge in [-0.25, -0.2) is 13.4 Å². The summed E-state index contributed by atoms with van der Waals surface area (Å²) in [6.45, 7) is 2.31. The molecule has 4 nitrogen and oxygen atoms in total. The van der Waals surface area contributed by atoms with Gasteiger partial charge in [0.05, 0.1) is 15.6 Å². The molecule has 0 radical (unpaired) electrons. The van der Waals surface area contributed by atoms with Crippen molar-refractivity contribution in [3.8, 4) is 0 Å². The van der Waals surface area contributed by atoms with E-state index in [4.69, 9.17) is 0 Å². The fourth-order valence-electron chi connectivity index (χ4n) is 1.78. The van der Waals surface area contributed by atoms with Crippen molar-refractivity contribution < 1.29 is 17.2 Å². The second-order valence-corrected chi connectivity index (χ2v) is 7.19. The fraction of sp³-hybridized carbons (Fsp3) is 0.308. The van der Waals surface area contributed by atoms with Crippen molar-refractivity contribution >= 4 is 26.9 Å². The van der Waals surface area contributed by atoms with Gasteiger partial charge in [-0.05, 0) is 19.1 Å². The molecule has 1 heterocycles. The normalized spacial score (nSPS) is 11.8. The molecule has 0 spiro atoms. The van der Waals surface area contributed by atoms with Crippen LogP contribution in [0.25, 0.3) is 0 Å². The van der Waals surface area contributed by atoms with E-state index in [1.165, 1.54) is 29.5 Å². The Kier molecular flexibility index (Phi) is 4.89. The third-order valence-electron chi connectivity index (χ3n) is 2.75. The molecule has 8 heteroatoms. The average molecular weight is 332 g/mol. The number of alkyl halides is 2. The second-order valence-electron chi connectivity index (χ2n) is 4.36. The highest BCUT2D eigenvalue weighted by molar-refractivity contribution is 7.91. The van der Waals surface area contributed by atoms with Crippen LogP contribution in [0.15, 0.2) is 34.5 Å². The van der Waals surface area contributed by atoms with E-state index in [1.54, 1.807) is 6.07 Å². The molecule has 1 aromatic heterocycles. The lowest BCUT2D eigenvalue weighted by atomic mass is 10.3. The van der Waals surface area contributed by atoms with Gasteiger partial charge >= 0.3 is 5.76 Å². The van der Waals surface area contributed by atoms with Gasteiger partial charge in [0.15, 0.2) is 0 Å². The van der Waals surface area contributed by atoms with Crippen LogP contribution >= 0.6 is 11.3 Å². The van der Waals surface area contributed by atoms with Crippen molar-refractivity contribution in [2.24, 2.45) is 0 Å². The molecule has 0 aliphatic carbocycles. The van der Waals surface area contributed by atoms with E-state index in [9.17, 15) is 17.2 Å². The number of thiazole rings is 1. The largest absolute Gasteiger partial charge is 0.384 e. The molecule has 0 atom stereocenters. The molecule has 1 N–H and O–H groups in total. The smallest absolute Gasteiger partial charge is 0.341 e. The minimum absolute atomic E-state index is 0.186. The first-order valence-corrected chi connectivity index (χ1v) is 8.60. The van der Waals surface area contributed by atoms with Crippen molar-refractivity contribution in [3.05, 3.63) is 40.3 Å². The Morgan fingerprint density at radius 1 is 1.33 bits per heavy atom. The molecule has 21 heavy (non-hydrogen) atoms. The highest BCUT2D eigenvalue weighted by Gasteiger charge is 2.28. The molecule has 0 unspecified atom stereocenters. The summed E-state index contributed by atoms with van der Waals surface area (Å²) >= 11 is 1.51. The van der Waals surface area contributed by atoms with E-state index >= 15 is 0 Å². The van der Waals surface area contributed by atoms with Crippen LogP contribution in [-0.4, -0.2) is 25.7 Å². The molecule has 2 aromatic rings. The molecular formula is C13H14F2N2O2S2. The Morgan fingerprint density at radius 2 is 2.05 bits per heavy atom. The number of nitrogens with zero attached hydrogens (tertiary/aromatic N) is 1. The summed E-state index contributed by atoms with van der Waals surface area (Å²) in [7, 11) is -4.61. The number of rotatable bonds is 6. The zero-order valence-electron chi connectivity index (χ0n) is 11.2. The monoisotopic (exact) mass is 332 g/mol. The molecule has 0 amide bonds. The predicted molar refractivity (Wildman–Crippen MR) is 78.7 cm³/mol. The Balaban J connectivity index is 2.10. The molecule has 114 valence electrons. The van der Waals surface area contributed by atoms with Crippen molar-refractivity contribution in [2.45, 2.75) is 24.0 Å². The molecule has 0 saturated heterocycles. The SMILES string of the molecule is Cc1csc(CCNc2ccccc2S(=O)(=O)C(F)F)n1. The first kappa shape index (κ1) is 15.8. The number of anilines is 1. The van der Waals surface area contributed by atoms with Crippen LogP contribution in [0.5, 0.6) is 0 Å². The lowest BCUT2D eigenvalue weighted by Crippen LogP contribution is -2.15. The number of benzene rings is 1. The lowest BCUT2D eigenvalue weighted by molar-refractivity contribution is 0.235. The van der Waals surface area contributed by atoms with Crippen molar-refractivity contribution in [2.75, 3.05) is 11.9 Å². The molecule has 0 fully saturated rings. The second kappa shape index (κ2) is 6.48. The number of halogens is 2. The van der Waals surface area contributed by atoms with Gasteiger partial charge in [0.25, 0.3) is 0 Å². The Bertz CT molecular complexity index is 714. The summed E-state index contributed by atoms with van der Waals surface area (Å²) in [5, 5.41) is 5.72. The van der Waals surface area contributed by atoms with E-state index in [0.29, 0.717) is 13.0 Å². The van der Waals surface area contributed by atoms with Crippen molar-refractivity contribution in [1.82, 2.24) is 4.98 Å². The summed E-state index contributed by atoms with van der Waals surface area (Å²) in [5.41, 5.74) is 1.11. The van der Waals surface area contributed by atoms with Crippen LogP contribution in [0.3, 0.4) is 0 Å². The van der Waals surface area contributed by atoms with E-state index < -0.39 is 15.6 Å². The first-order valence-electron chi connectivity index (χ1n) is 6.17. The Hall–Kier alpha value is -1.54. The minimum Gasteiger partial charge on any atom is -0.384 e. The topological polar surface area (TPSA) is 59.1 Å². The number of hydrogen-bond donors (Lipinski definition) is 1. The van der Waals surface area contributed by atoms with Gasteiger partial charge in [-0.15, -0.1) is 11.3 Å². The van der Waals surface area contributed by atoms with Gasteiger partial charge < -0.3 is 5.32 Å². The summed E-state index contributed by atoms with van der Waals surface area (Å²) in [5.74, 6) is -3.43. The molecule has 0 aliphatic rings. The fourth-order valence-corrected chi connectivity index (χ4v) is 3.46. The van der Waals surface area contributed by atoms with Gasteiger partial charge in [-0.3, -0.25) is 0 Å². The zero-order chi connectivity index (χ0) is 15.5. The lowest BCUT2D eigenvalue weighted by Gasteiger charge is -2.11. The highest BCUT2D eigenvalue weighted by Crippen LogP contribution is 2.26. The third kappa shape index (κ3) is 3.76. The first-order chi connectivity index (χ1) is 9.91. The quantitative estimate of drug-likeness (QED) is 0.883. The van der Waals surface area contributed by atoms with Crippen molar-refractivity contribution in [1.29, 1.82) is 0 Å². The average Bonchev–Trinajstić information content (AvgIpc) is 2.85. The van der Waals surface area contributed by atoms with Crippen LogP contribution in [0.2, 0.25) is 0 Å². The van der Waals surface area contributed by atoms with Gasteiger partial charge in [0.2, 0.25) is 9.84 Å². The number of aromatic nitrogens is 1. The van der Waals surface area contributed by atoms with Gasteiger partial charge in [0.1, 0.15) is 0 Å². The maximum absolute atomic E-state index is 12.6. The highest BCUT2D eigenvalue weighted by atomic mass is 32.2. The van der Waals surface area contributed by atoms with Gasteiger partial charge in [-0.2, -0.15) is 8.78 Å². The van der Waals surface area contributed by atoms with Gasteiger partial charge in [-0.1, -0.05) is 12.1 Å². The predicted octanol–water partition coefficient (Wildman–Crippen LogP) is 3.10. The molecule has 0 aliphatic heterocycles. The van der Waals surface area contributed by atoms with E-state index in [0.717, 1.165) is 10.7 Å². The number of sulfone groups is 1. The summed E-state index contributed by atoms with van der Waals surface area (Å²) < 4.78 is 48.5. The molecule has 0 bridgehead atoms. The molecule has 1 aromatic carbocycles. The number of nitrogens with one attached hydrogen (secondary N) is 1. The van der Waals surface area contributed by atoms with Crippen LogP contribution in [0, 0.1) is 6.92 Å². The Morgan fingerprint density at radius 3 is 2.67 bits per heavy atom. The van der Waals surface area contributed by atoms with E-state index in [1.807, 2.05) is 12.3 Å². The van der Waals surface area contributed by atoms with E-state index in [-0.39, 0.29) is 10.6 Å². The van der Waals surface area contributed by atoms with Crippen molar-refractivity contribution in [3.63, 3.8) is 0 Å². The number of aryl methyl sites for hydroxylation is 1. The maximum Gasteiger partial charge on any atom is 0.341 e. The van der Waals surface area contributed by atoms with Crippen LogP contribution < -0.4 is 5.32 Å². The molecular weight excluding hydrogens is 318 g/mol. The molecule has 2 rings (SSSR count). The standard InChI is InChI=1S/C13H14F2N2O2S2/c1-9-8-20-12(17-9)6-7-16-10-4-2-3-5-11(10)21(18,19)13(14)15/h2-5,8,13,16H,6-7H2,1H3. The van der Waals surface area contributed by atoms with E-state index in [2.05, 4.69) is 10.3 Å². The van der Waals surface area contributed by atoms with Crippen LogP contribution in [0.1, 0.15) is 10.7 Å². The summed E-state index contributed by atoms with van der Waals surface area (Å²) in [6.07, 6.45) is 0.599.